The highest BCUT2D eigenvalue weighted by molar-refractivity contribution is 5.86. The van der Waals surface area contributed by atoms with Gasteiger partial charge in [-0.25, -0.2) is 0 Å². The smallest absolute Gasteiger partial charge is 0.303 e. The first-order chi connectivity index (χ1) is 9.68. The summed E-state index contributed by atoms with van der Waals surface area (Å²) in [6.07, 6.45) is 2.24. The van der Waals surface area contributed by atoms with E-state index in [4.69, 9.17) is 5.11 Å². The third kappa shape index (κ3) is 3.73. The van der Waals surface area contributed by atoms with E-state index in [0.29, 0.717) is 19.4 Å². The van der Waals surface area contributed by atoms with Crippen molar-refractivity contribution in [3.8, 4) is 0 Å². The number of anilines is 1. The number of carbonyl (C=O) groups is 2. The van der Waals surface area contributed by atoms with Crippen molar-refractivity contribution in [2.75, 3.05) is 18.4 Å². The number of rotatable bonds is 6. The molecule has 5 heteroatoms. The Hall–Kier alpha value is -2.04. The third-order valence-corrected chi connectivity index (χ3v) is 3.52. The van der Waals surface area contributed by atoms with E-state index in [1.165, 1.54) is 0 Å². The van der Waals surface area contributed by atoms with Crippen LogP contribution >= 0.6 is 0 Å². The van der Waals surface area contributed by atoms with Crippen LogP contribution in [0.5, 0.6) is 0 Å². The molecule has 0 saturated heterocycles. The van der Waals surface area contributed by atoms with Crippen LogP contribution in [0.2, 0.25) is 0 Å². The number of benzene rings is 1. The number of carboxylic acids is 1. The average Bonchev–Trinajstić information content (AvgIpc) is 2.45. The summed E-state index contributed by atoms with van der Waals surface area (Å²) >= 11 is 0. The first-order valence-electron chi connectivity index (χ1n) is 7.01. The van der Waals surface area contributed by atoms with Gasteiger partial charge in [0.1, 0.15) is 0 Å². The Morgan fingerprint density at radius 1 is 1.30 bits per heavy atom. The lowest BCUT2D eigenvalue weighted by Crippen LogP contribution is -2.33. The maximum atomic E-state index is 12.2. The van der Waals surface area contributed by atoms with Crippen LogP contribution in [0.3, 0.4) is 0 Å². The van der Waals surface area contributed by atoms with Crippen LogP contribution in [0.4, 0.5) is 5.69 Å². The number of unbranched alkanes of at least 4 members (excludes halogenated alkanes) is 1. The number of carbonyl (C=O) groups excluding carboxylic acids is 1. The van der Waals surface area contributed by atoms with Crippen molar-refractivity contribution in [3.05, 3.63) is 29.8 Å². The van der Waals surface area contributed by atoms with E-state index in [9.17, 15) is 9.59 Å². The zero-order valence-electron chi connectivity index (χ0n) is 11.4. The van der Waals surface area contributed by atoms with E-state index in [0.717, 1.165) is 24.2 Å². The van der Waals surface area contributed by atoms with Crippen molar-refractivity contribution in [3.63, 3.8) is 0 Å². The van der Waals surface area contributed by atoms with Gasteiger partial charge in [-0.15, -0.1) is 0 Å². The molecule has 20 heavy (non-hydrogen) atoms. The number of amides is 1. The van der Waals surface area contributed by atoms with Crippen LogP contribution in [-0.4, -0.2) is 30.1 Å². The van der Waals surface area contributed by atoms with E-state index in [-0.39, 0.29) is 18.2 Å². The fourth-order valence-corrected chi connectivity index (χ4v) is 2.48. The molecule has 108 valence electrons. The summed E-state index contributed by atoms with van der Waals surface area (Å²) < 4.78 is 0. The van der Waals surface area contributed by atoms with Gasteiger partial charge in [0.05, 0.1) is 5.92 Å². The van der Waals surface area contributed by atoms with Crippen molar-refractivity contribution in [1.29, 1.82) is 0 Å². The van der Waals surface area contributed by atoms with Crippen LogP contribution < -0.4 is 10.6 Å². The van der Waals surface area contributed by atoms with Crippen molar-refractivity contribution >= 4 is 17.6 Å². The van der Waals surface area contributed by atoms with Gasteiger partial charge in [-0.2, -0.15) is 0 Å². The number of hydrogen-bond acceptors (Lipinski definition) is 3. The van der Waals surface area contributed by atoms with Gasteiger partial charge in [-0.1, -0.05) is 18.2 Å². The number of hydrogen-bond donors (Lipinski definition) is 3. The minimum atomic E-state index is -0.788. The summed E-state index contributed by atoms with van der Waals surface area (Å²) in [5.74, 6) is -0.857. The van der Waals surface area contributed by atoms with Crippen molar-refractivity contribution in [2.45, 2.75) is 31.6 Å². The zero-order valence-corrected chi connectivity index (χ0v) is 11.4. The van der Waals surface area contributed by atoms with E-state index in [1.807, 2.05) is 24.3 Å². The Bertz CT molecular complexity index is 488. The molecule has 1 atom stereocenters. The Kier molecular flexibility index (Phi) is 4.98. The van der Waals surface area contributed by atoms with Gasteiger partial charge in [0, 0.05) is 25.2 Å². The second kappa shape index (κ2) is 6.93. The second-order valence-electron chi connectivity index (χ2n) is 5.00. The number of fused-ring (bicyclic) bond motifs is 1. The van der Waals surface area contributed by atoms with Crippen LogP contribution in [-0.2, 0) is 9.59 Å². The Morgan fingerprint density at radius 2 is 2.10 bits per heavy atom. The Morgan fingerprint density at radius 3 is 2.90 bits per heavy atom. The Balaban J connectivity index is 1.83. The molecule has 5 nitrogen and oxygen atoms in total. The quantitative estimate of drug-likeness (QED) is 0.694. The maximum Gasteiger partial charge on any atom is 0.303 e. The zero-order chi connectivity index (χ0) is 14.4. The monoisotopic (exact) mass is 276 g/mol. The molecule has 0 fully saturated rings. The maximum absolute atomic E-state index is 12.2. The van der Waals surface area contributed by atoms with Crippen LogP contribution in [0, 0.1) is 0 Å². The van der Waals surface area contributed by atoms with Crippen molar-refractivity contribution in [1.82, 2.24) is 5.32 Å². The summed E-state index contributed by atoms with van der Waals surface area (Å²) in [5.41, 5.74) is 2.08. The predicted molar refractivity (Wildman–Crippen MR) is 76.8 cm³/mol. The standard InChI is InChI=1S/C15H20N2O3/c18-14(19)7-3-4-9-17-15(20)12-8-10-16-13-6-2-1-5-11(12)13/h1-2,5-6,12,16H,3-4,7-10H2,(H,17,20)(H,18,19). The van der Waals surface area contributed by atoms with Crippen LogP contribution in [0.1, 0.15) is 37.2 Å². The number of nitrogens with one attached hydrogen (secondary N) is 2. The van der Waals surface area contributed by atoms with Gasteiger partial charge in [0.25, 0.3) is 0 Å². The van der Waals surface area contributed by atoms with E-state index in [1.54, 1.807) is 0 Å². The second-order valence-corrected chi connectivity index (χ2v) is 5.00. The highest BCUT2D eigenvalue weighted by Gasteiger charge is 2.25. The molecular formula is C15H20N2O3. The Labute approximate surface area is 118 Å². The van der Waals surface area contributed by atoms with Gasteiger partial charge >= 0.3 is 5.97 Å². The topological polar surface area (TPSA) is 78.4 Å². The van der Waals surface area contributed by atoms with Gasteiger partial charge < -0.3 is 15.7 Å². The van der Waals surface area contributed by atoms with Crippen LogP contribution in [0.15, 0.2) is 24.3 Å². The molecule has 1 aliphatic heterocycles. The first kappa shape index (κ1) is 14.4. The molecular weight excluding hydrogens is 256 g/mol. The highest BCUT2D eigenvalue weighted by atomic mass is 16.4. The molecule has 1 aromatic carbocycles. The number of aliphatic carboxylic acids is 1. The number of carboxylic acid groups (broad SMARTS) is 1. The molecule has 1 aliphatic rings. The molecule has 1 heterocycles. The summed E-state index contributed by atoms with van der Waals surface area (Å²) in [7, 11) is 0. The van der Waals surface area contributed by atoms with Gasteiger partial charge in [-0.3, -0.25) is 9.59 Å². The molecule has 1 amide bonds. The molecule has 2 rings (SSSR count). The SMILES string of the molecule is O=C(O)CCCCNC(=O)C1CCNc2ccccc21. The molecule has 0 radical (unpaired) electrons. The molecule has 0 bridgehead atoms. The molecule has 1 unspecified atom stereocenters. The molecule has 0 aliphatic carbocycles. The summed E-state index contributed by atoms with van der Waals surface area (Å²) in [4.78, 5) is 22.6. The van der Waals surface area contributed by atoms with Crippen LogP contribution in [0.25, 0.3) is 0 Å². The van der Waals surface area contributed by atoms with Gasteiger partial charge in [-0.05, 0) is 30.9 Å². The fourth-order valence-electron chi connectivity index (χ4n) is 2.48. The number of para-hydroxylation sites is 1. The average molecular weight is 276 g/mol. The lowest BCUT2D eigenvalue weighted by atomic mass is 9.90. The lowest BCUT2D eigenvalue weighted by Gasteiger charge is -2.25. The third-order valence-electron chi connectivity index (χ3n) is 3.52. The first-order valence-corrected chi connectivity index (χ1v) is 7.01. The predicted octanol–water partition coefficient (Wildman–Crippen LogP) is 1.96. The van der Waals surface area contributed by atoms with E-state index >= 15 is 0 Å². The van der Waals surface area contributed by atoms with Crippen molar-refractivity contribution in [2.24, 2.45) is 0 Å². The molecule has 3 N–H and O–H groups in total. The van der Waals surface area contributed by atoms with Gasteiger partial charge in [0.2, 0.25) is 5.91 Å². The normalized spacial score (nSPS) is 16.9. The summed E-state index contributed by atoms with van der Waals surface area (Å²) in [6.45, 7) is 1.34. The minimum Gasteiger partial charge on any atom is -0.481 e. The molecule has 0 spiro atoms. The van der Waals surface area contributed by atoms with E-state index < -0.39 is 5.97 Å². The fraction of sp³-hybridized carbons (Fsp3) is 0.467. The molecule has 1 aromatic rings. The van der Waals surface area contributed by atoms with E-state index in [2.05, 4.69) is 10.6 Å². The highest BCUT2D eigenvalue weighted by Crippen LogP contribution is 2.31. The molecule has 0 saturated carbocycles. The molecule has 0 aromatic heterocycles. The summed E-state index contributed by atoms with van der Waals surface area (Å²) in [5, 5.41) is 14.7. The minimum absolute atomic E-state index is 0.0364. The largest absolute Gasteiger partial charge is 0.481 e. The van der Waals surface area contributed by atoms with Gasteiger partial charge in [0.15, 0.2) is 0 Å². The van der Waals surface area contributed by atoms with Crippen molar-refractivity contribution < 1.29 is 14.7 Å². The summed E-state index contributed by atoms with van der Waals surface area (Å²) in [6, 6.07) is 7.87. The lowest BCUT2D eigenvalue weighted by molar-refractivity contribution is -0.137.